The molecule has 0 radical (unpaired) electrons. The number of esters is 1. The molecule has 0 amide bonds. The number of carbonyl (C=O) groups excluding carboxylic acids is 1. The fraction of sp³-hybridized carbons (Fsp3) is 0.619. The van der Waals surface area contributed by atoms with E-state index in [0.717, 1.165) is 19.0 Å². The summed E-state index contributed by atoms with van der Waals surface area (Å²) in [4.78, 5) is 18.5. The Labute approximate surface area is 186 Å². The van der Waals surface area contributed by atoms with Gasteiger partial charge >= 0.3 is 5.97 Å². The van der Waals surface area contributed by atoms with Crippen molar-refractivity contribution < 1.29 is 9.53 Å². The van der Waals surface area contributed by atoms with E-state index in [-0.39, 0.29) is 53.4 Å². The Morgan fingerprint density at radius 3 is 2.54 bits per heavy atom. The Kier molecular flexibility index (Phi) is 9.69. The van der Waals surface area contributed by atoms with E-state index in [9.17, 15) is 4.79 Å². The van der Waals surface area contributed by atoms with Crippen molar-refractivity contribution >= 4 is 35.9 Å². The Bertz CT molecular complexity index is 651. The molecular formula is C21H35IN4O2. The second-order valence-corrected chi connectivity index (χ2v) is 8.07. The van der Waals surface area contributed by atoms with Crippen LogP contribution in [0.25, 0.3) is 0 Å². The number of likely N-dealkylation sites (tertiary alicyclic amines) is 1. The van der Waals surface area contributed by atoms with Gasteiger partial charge in [0.15, 0.2) is 5.96 Å². The third kappa shape index (κ3) is 6.62. The molecule has 158 valence electrons. The first-order valence-corrected chi connectivity index (χ1v) is 9.63. The van der Waals surface area contributed by atoms with Crippen molar-refractivity contribution in [2.24, 2.45) is 16.8 Å². The number of carbonyl (C=O) groups is 1. The first kappa shape index (κ1) is 24.7. The number of nitrogens with one attached hydrogen (secondary N) is 2. The molecule has 28 heavy (non-hydrogen) atoms. The topological polar surface area (TPSA) is 66.0 Å². The molecule has 0 saturated carbocycles. The predicted molar refractivity (Wildman–Crippen MR) is 125 cm³/mol. The van der Waals surface area contributed by atoms with E-state index in [1.807, 2.05) is 6.07 Å². The lowest BCUT2D eigenvalue weighted by atomic mass is 9.99. The number of guanidine groups is 1. The van der Waals surface area contributed by atoms with Gasteiger partial charge in [0.2, 0.25) is 0 Å². The summed E-state index contributed by atoms with van der Waals surface area (Å²) in [6.07, 6.45) is 0. The van der Waals surface area contributed by atoms with E-state index in [1.54, 1.807) is 7.05 Å². The van der Waals surface area contributed by atoms with E-state index < -0.39 is 0 Å². The van der Waals surface area contributed by atoms with E-state index in [2.05, 4.69) is 72.5 Å². The molecule has 7 heteroatoms. The summed E-state index contributed by atoms with van der Waals surface area (Å²) >= 11 is 0. The lowest BCUT2D eigenvalue weighted by Crippen LogP contribution is -2.52. The van der Waals surface area contributed by atoms with Crippen molar-refractivity contribution in [3.8, 4) is 0 Å². The van der Waals surface area contributed by atoms with Crippen LogP contribution in [-0.2, 0) is 9.53 Å². The van der Waals surface area contributed by atoms with Gasteiger partial charge in [-0.25, -0.2) is 0 Å². The van der Waals surface area contributed by atoms with Gasteiger partial charge in [-0.2, -0.15) is 0 Å². The molecular weight excluding hydrogens is 467 g/mol. The van der Waals surface area contributed by atoms with Crippen LogP contribution in [-0.4, -0.2) is 56.2 Å². The normalized spacial score (nSPS) is 21.1. The monoisotopic (exact) mass is 502 g/mol. The van der Waals surface area contributed by atoms with Gasteiger partial charge in [-0.15, -0.1) is 24.0 Å². The molecule has 1 saturated heterocycles. The number of ether oxygens (including phenoxy) is 1. The fourth-order valence-corrected chi connectivity index (χ4v) is 3.69. The summed E-state index contributed by atoms with van der Waals surface area (Å²) in [7, 11) is 3.23. The van der Waals surface area contributed by atoms with Gasteiger partial charge in [-0.1, -0.05) is 37.3 Å². The largest absolute Gasteiger partial charge is 0.469 e. The summed E-state index contributed by atoms with van der Waals surface area (Å²) in [5, 5.41) is 7.15. The molecule has 2 rings (SSSR count). The molecule has 1 heterocycles. The molecule has 0 bridgehead atoms. The van der Waals surface area contributed by atoms with Crippen LogP contribution in [0.3, 0.4) is 0 Å². The number of benzene rings is 1. The molecule has 1 fully saturated rings. The number of nitrogens with zero attached hydrogens (tertiary/aromatic N) is 2. The van der Waals surface area contributed by atoms with Crippen molar-refractivity contribution in [3.63, 3.8) is 0 Å². The summed E-state index contributed by atoms with van der Waals surface area (Å²) in [6.45, 7) is 10.8. The summed E-state index contributed by atoms with van der Waals surface area (Å²) in [5.74, 6) is 0.840. The Morgan fingerprint density at radius 1 is 1.32 bits per heavy atom. The van der Waals surface area contributed by atoms with E-state index in [1.165, 1.54) is 12.7 Å². The van der Waals surface area contributed by atoms with E-state index in [4.69, 9.17) is 4.74 Å². The van der Waals surface area contributed by atoms with Gasteiger partial charge in [0.25, 0.3) is 0 Å². The maximum absolute atomic E-state index is 11.9. The number of aliphatic imine (C=N–C) groups is 1. The zero-order chi connectivity index (χ0) is 20.0. The molecule has 0 spiro atoms. The molecule has 1 aromatic carbocycles. The highest BCUT2D eigenvalue weighted by Crippen LogP contribution is 2.24. The zero-order valence-electron chi connectivity index (χ0n) is 17.9. The molecule has 0 aliphatic carbocycles. The Hall–Kier alpha value is -1.35. The highest BCUT2D eigenvalue weighted by Gasteiger charge is 2.37. The Balaban J connectivity index is 0.00000392. The van der Waals surface area contributed by atoms with Crippen molar-refractivity contribution in [1.29, 1.82) is 0 Å². The summed E-state index contributed by atoms with van der Waals surface area (Å²) in [6, 6.07) is 10.7. The molecule has 1 aliphatic rings. The van der Waals surface area contributed by atoms with Crippen molar-refractivity contribution in [2.75, 3.05) is 33.8 Å². The molecule has 2 N–H and O–H groups in total. The van der Waals surface area contributed by atoms with E-state index >= 15 is 0 Å². The van der Waals surface area contributed by atoms with Gasteiger partial charge in [-0.3, -0.25) is 9.79 Å². The van der Waals surface area contributed by atoms with Gasteiger partial charge < -0.3 is 20.3 Å². The molecule has 3 atom stereocenters. The van der Waals surface area contributed by atoms with Gasteiger partial charge in [-0.05, 0) is 32.3 Å². The number of hydrogen-bond donors (Lipinski definition) is 2. The van der Waals surface area contributed by atoms with Gasteiger partial charge in [0, 0.05) is 38.3 Å². The minimum atomic E-state index is -0.140. The molecule has 6 nitrogen and oxygen atoms in total. The lowest BCUT2D eigenvalue weighted by molar-refractivity contribution is -0.145. The van der Waals surface area contributed by atoms with Crippen LogP contribution in [0.4, 0.5) is 0 Å². The number of halogens is 1. The molecule has 0 aromatic heterocycles. The number of hydrogen-bond acceptors (Lipinski definition) is 4. The van der Waals surface area contributed by atoms with Crippen LogP contribution in [0.1, 0.15) is 39.3 Å². The van der Waals surface area contributed by atoms with Crippen LogP contribution < -0.4 is 10.6 Å². The summed E-state index contributed by atoms with van der Waals surface area (Å²) < 4.78 is 4.93. The Morgan fingerprint density at radius 2 is 1.96 bits per heavy atom. The van der Waals surface area contributed by atoms with Crippen LogP contribution in [0.5, 0.6) is 0 Å². The van der Waals surface area contributed by atoms with E-state index in [0.29, 0.717) is 6.54 Å². The van der Waals surface area contributed by atoms with Crippen molar-refractivity contribution in [2.45, 2.75) is 39.3 Å². The van der Waals surface area contributed by atoms with Crippen LogP contribution in [0.15, 0.2) is 35.3 Å². The van der Waals surface area contributed by atoms with Crippen molar-refractivity contribution in [3.05, 3.63) is 35.9 Å². The first-order chi connectivity index (χ1) is 12.8. The standard InChI is InChI=1S/C21H34N4O2.HI/c1-15-12-25(13-18(15)19(26)27-6)20(22-5)23-14-21(3,4)24-16(2)17-10-8-7-9-11-17;/h7-11,15-16,18,24H,12-14H2,1-6H3,(H,22,23);1H. The second kappa shape index (κ2) is 11.0. The maximum atomic E-state index is 11.9. The predicted octanol–water partition coefficient (Wildman–Crippen LogP) is 3.05. The second-order valence-electron chi connectivity index (χ2n) is 8.07. The van der Waals surface area contributed by atoms with Crippen molar-refractivity contribution in [1.82, 2.24) is 15.5 Å². The van der Waals surface area contributed by atoms with Crippen LogP contribution in [0, 0.1) is 11.8 Å². The zero-order valence-corrected chi connectivity index (χ0v) is 20.2. The third-order valence-corrected chi connectivity index (χ3v) is 5.22. The number of rotatable bonds is 6. The molecule has 3 unspecified atom stereocenters. The minimum Gasteiger partial charge on any atom is -0.469 e. The summed E-state index contributed by atoms with van der Waals surface area (Å²) in [5.41, 5.74) is 1.14. The highest BCUT2D eigenvalue weighted by atomic mass is 127. The quantitative estimate of drug-likeness (QED) is 0.271. The van der Waals surface area contributed by atoms with Gasteiger partial charge in [0.05, 0.1) is 13.0 Å². The fourth-order valence-electron chi connectivity index (χ4n) is 3.69. The average Bonchev–Trinajstić information content (AvgIpc) is 3.03. The average molecular weight is 502 g/mol. The highest BCUT2D eigenvalue weighted by molar-refractivity contribution is 14.0. The molecule has 1 aromatic rings. The smallest absolute Gasteiger partial charge is 0.310 e. The lowest BCUT2D eigenvalue weighted by Gasteiger charge is -2.32. The van der Waals surface area contributed by atoms with Crippen LogP contribution >= 0.6 is 24.0 Å². The third-order valence-electron chi connectivity index (χ3n) is 5.22. The molecule has 1 aliphatic heterocycles. The minimum absolute atomic E-state index is 0. The van der Waals surface area contributed by atoms with Gasteiger partial charge in [0.1, 0.15) is 0 Å². The first-order valence-electron chi connectivity index (χ1n) is 9.63. The maximum Gasteiger partial charge on any atom is 0.310 e. The number of methoxy groups -OCH3 is 1. The van der Waals surface area contributed by atoms with Crippen LogP contribution in [0.2, 0.25) is 0 Å². The SMILES string of the molecule is CN=C(NCC(C)(C)NC(C)c1ccccc1)N1CC(C)C(C(=O)OC)C1.I.